The predicted molar refractivity (Wildman–Crippen MR) is 106 cm³/mol. The van der Waals surface area contributed by atoms with Crippen LogP contribution in [0.5, 0.6) is 0 Å². The summed E-state index contributed by atoms with van der Waals surface area (Å²) in [7, 11) is 0.338. The summed E-state index contributed by atoms with van der Waals surface area (Å²) in [6.45, 7) is 2.83. The molecule has 9 nitrogen and oxygen atoms in total. The van der Waals surface area contributed by atoms with Crippen molar-refractivity contribution in [1.82, 2.24) is 15.5 Å². The van der Waals surface area contributed by atoms with E-state index in [4.69, 9.17) is 32.5 Å². The van der Waals surface area contributed by atoms with Crippen molar-refractivity contribution < 1.29 is 28.5 Å². The third-order valence-corrected chi connectivity index (χ3v) is 5.01. The summed E-state index contributed by atoms with van der Waals surface area (Å²) in [5.41, 5.74) is 0.127. The van der Waals surface area contributed by atoms with Crippen LogP contribution in [0.3, 0.4) is 0 Å². The monoisotopic (exact) mass is 443 g/mol. The van der Waals surface area contributed by atoms with Gasteiger partial charge in [-0.15, -0.1) is 0 Å². The van der Waals surface area contributed by atoms with Gasteiger partial charge in [-0.2, -0.15) is 0 Å². The van der Waals surface area contributed by atoms with Gasteiger partial charge in [0.1, 0.15) is 12.1 Å². The van der Waals surface area contributed by atoms with Crippen LogP contribution in [0, 0.1) is 0 Å². The van der Waals surface area contributed by atoms with Crippen molar-refractivity contribution >= 4 is 54.1 Å². The summed E-state index contributed by atoms with van der Waals surface area (Å²) in [4.78, 5) is 49.8. The number of carbonyl (C=O) groups is 4. The number of carbonyl (C=O) groups excluding carboxylic acids is 4. The molecule has 1 aromatic carbocycles. The molecule has 12 heteroatoms. The number of hydrogen-bond acceptors (Lipinski definition) is 7. The van der Waals surface area contributed by atoms with E-state index in [0.717, 1.165) is 0 Å². The highest BCUT2D eigenvalue weighted by Crippen LogP contribution is 2.20. The van der Waals surface area contributed by atoms with Gasteiger partial charge in [-0.25, -0.2) is 0 Å². The van der Waals surface area contributed by atoms with Gasteiger partial charge in [-0.1, -0.05) is 23.2 Å². The fourth-order valence-corrected chi connectivity index (χ4v) is 2.79. The van der Waals surface area contributed by atoms with E-state index in [-0.39, 0.29) is 23.6 Å². The Morgan fingerprint density at radius 3 is 2.28 bits per heavy atom. The Labute approximate surface area is 178 Å². The lowest BCUT2D eigenvalue weighted by atomic mass is 9.89. The largest absolute Gasteiger partial charge is 0.619 e. The van der Waals surface area contributed by atoms with Crippen LogP contribution in [0.25, 0.3) is 0 Å². The Kier molecular flexibility index (Phi) is 7.89. The molecule has 1 aliphatic heterocycles. The standard InChI is InChI=1S/C17H20BCl2N3O6/c1-9-16(26)28-18(29-17(27)10(2)23(9)3)8-22-14(24)7-21-15(25)12-6-11(19)4-5-13(12)20/h4-6,9-10H,7-8H2,1-3H3,(H,21,25)(H,22,24)/t9-,10-/m0/s1. The molecule has 2 N–H and O–H groups in total. The zero-order chi connectivity index (χ0) is 21.7. The van der Waals surface area contributed by atoms with E-state index in [1.54, 1.807) is 20.9 Å². The quantitative estimate of drug-likeness (QED) is 0.643. The van der Waals surface area contributed by atoms with E-state index in [1.807, 2.05) is 0 Å². The maximum atomic E-state index is 12.1. The highest BCUT2D eigenvalue weighted by Gasteiger charge is 2.38. The Balaban J connectivity index is 1.87. The van der Waals surface area contributed by atoms with Crippen molar-refractivity contribution in [2.24, 2.45) is 0 Å². The minimum Gasteiger partial charge on any atom is -0.497 e. The lowest BCUT2D eigenvalue weighted by molar-refractivity contribution is -0.153. The third-order valence-electron chi connectivity index (χ3n) is 4.45. The highest BCUT2D eigenvalue weighted by molar-refractivity contribution is 6.49. The molecule has 0 aromatic heterocycles. The van der Waals surface area contributed by atoms with Crippen LogP contribution >= 0.6 is 23.2 Å². The average Bonchev–Trinajstić information content (AvgIpc) is 2.69. The van der Waals surface area contributed by atoms with Crippen LogP contribution in [-0.2, 0) is 23.7 Å². The second-order valence-corrected chi connectivity index (χ2v) is 7.28. The van der Waals surface area contributed by atoms with Crippen molar-refractivity contribution in [1.29, 1.82) is 0 Å². The molecule has 1 heterocycles. The molecule has 1 fully saturated rings. The number of hydrogen-bond donors (Lipinski definition) is 2. The molecule has 1 aromatic rings. The first kappa shape index (κ1) is 23.0. The second-order valence-electron chi connectivity index (χ2n) is 6.43. The molecular formula is C17H20BCl2N3O6. The van der Waals surface area contributed by atoms with Gasteiger partial charge in [0.25, 0.3) is 5.91 Å². The molecule has 1 saturated heterocycles. The molecule has 2 rings (SSSR count). The molecular weight excluding hydrogens is 424 g/mol. The molecule has 29 heavy (non-hydrogen) atoms. The molecule has 2 atom stereocenters. The van der Waals surface area contributed by atoms with Gasteiger partial charge >= 0.3 is 19.1 Å². The van der Waals surface area contributed by atoms with E-state index in [2.05, 4.69) is 10.6 Å². The van der Waals surface area contributed by atoms with Crippen molar-refractivity contribution in [2.45, 2.75) is 25.9 Å². The molecule has 1 aliphatic rings. The van der Waals surface area contributed by atoms with Crippen molar-refractivity contribution in [2.75, 3.05) is 20.0 Å². The maximum Gasteiger partial charge on any atom is 0.619 e. The number of likely N-dealkylation sites (N-methyl/N-ethyl adjacent to an activating group) is 1. The Bertz CT molecular complexity index is 800. The van der Waals surface area contributed by atoms with E-state index in [1.165, 1.54) is 23.1 Å². The molecule has 0 spiro atoms. The number of halogens is 2. The molecule has 0 saturated carbocycles. The van der Waals surface area contributed by atoms with Crippen molar-refractivity contribution in [3.05, 3.63) is 33.8 Å². The summed E-state index contributed by atoms with van der Waals surface area (Å²) >= 11 is 11.8. The van der Waals surface area contributed by atoms with Crippen molar-refractivity contribution in [3.63, 3.8) is 0 Å². The van der Waals surface area contributed by atoms with Crippen LogP contribution < -0.4 is 10.6 Å². The lowest BCUT2D eigenvalue weighted by Crippen LogP contribution is -2.54. The molecule has 0 unspecified atom stereocenters. The average molecular weight is 444 g/mol. The molecule has 156 valence electrons. The normalized spacial score (nSPS) is 20.2. The highest BCUT2D eigenvalue weighted by atomic mass is 35.5. The van der Waals surface area contributed by atoms with Gasteiger partial charge in [-0.3, -0.25) is 24.1 Å². The summed E-state index contributed by atoms with van der Waals surface area (Å²) in [5, 5.41) is 5.35. The second kappa shape index (κ2) is 9.95. The van der Waals surface area contributed by atoms with Crippen LogP contribution in [0.1, 0.15) is 24.2 Å². The van der Waals surface area contributed by atoms with Crippen LogP contribution in [0.15, 0.2) is 18.2 Å². The van der Waals surface area contributed by atoms with E-state index < -0.39 is 43.0 Å². The first-order valence-electron chi connectivity index (χ1n) is 8.73. The van der Waals surface area contributed by atoms with E-state index >= 15 is 0 Å². The van der Waals surface area contributed by atoms with Gasteiger partial charge in [-0.05, 0) is 39.1 Å². The molecule has 0 bridgehead atoms. The van der Waals surface area contributed by atoms with Crippen LogP contribution in [0.4, 0.5) is 0 Å². The number of nitrogens with zero attached hydrogens (tertiary/aromatic N) is 1. The molecule has 0 radical (unpaired) electrons. The maximum absolute atomic E-state index is 12.1. The molecule has 2 amide bonds. The number of rotatable bonds is 5. The number of benzene rings is 1. The zero-order valence-corrected chi connectivity index (χ0v) is 17.5. The first-order chi connectivity index (χ1) is 13.6. The van der Waals surface area contributed by atoms with Gasteiger partial charge < -0.3 is 19.9 Å². The lowest BCUT2D eigenvalue weighted by Gasteiger charge is -2.32. The summed E-state index contributed by atoms with van der Waals surface area (Å²) in [5.74, 6) is -2.34. The summed E-state index contributed by atoms with van der Waals surface area (Å²) in [6, 6.07) is 3.07. The zero-order valence-electron chi connectivity index (χ0n) is 16.0. The number of nitrogens with one attached hydrogen (secondary N) is 2. The van der Waals surface area contributed by atoms with E-state index in [9.17, 15) is 19.2 Å². The first-order valence-corrected chi connectivity index (χ1v) is 9.48. The Morgan fingerprint density at radius 2 is 1.69 bits per heavy atom. The Hall–Kier alpha value is -2.30. The number of amides is 2. The van der Waals surface area contributed by atoms with Crippen LogP contribution in [-0.4, -0.2) is 67.9 Å². The minimum absolute atomic E-state index is 0.127. The fraction of sp³-hybridized carbons (Fsp3) is 0.412. The van der Waals surface area contributed by atoms with Crippen molar-refractivity contribution in [3.8, 4) is 0 Å². The van der Waals surface area contributed by atoms with Gasteiger partial charge in [0.05, 0.1) is 23.6 Å². The summed E-state index contributed by atoms with van der Waals surface area (Å²) < 4.78 is 10.2. The summed E-state index contributed by atoms with van der Waals surface area (Å²) in [6.07, 6.45) is -0.257. The Morgan fingerprint density at radius 1 is 1.10 bits per heavy atom. The van der Waals surface area contributed by atoms with Crippen LogP contribution in [0.2, 0.25) is 10.0 Å². The minimum atomic E-state index is -1.27. The smallest absolute Gasteiger partial charge is 0.497 e. The van der Waals surface area contributed by atoms with Gasteiger partial charge in [0.2, 0.25) is 5.91 Å². The molecule has 0 aliphatic carbocycles. The van der Waals surface area contributed by atoms with Gasteiger partial charge in [0, 0.05) is 5.02 Å². The topological polar surface area (TPSA) is 114 Å². The van der Waals surface area contributed by atoms with E-state index in [0.29, 0.717) is 5.02 Å². The fourth-order valence-electron chi connectivity index (χ4n) is 2.42. The van der Waals surface area contributed by atoms with Gasteiger partial charge in [0.15, 0.2) is 0 Å². The third kappa shape index (κ3) is 6.09. The predicted octanol–water partition coefficient (Wildman–Crippen LogP) is 0.676. The SMILES string of the molecule is C[C@H]1C(=O)OB(CNC(=O)CNC(=O)c2cc(Cl)ccc2Cl)OC(=O)[C@H](C)N1C.